The largest absolute Gasteiger partial charge is 0.247 e. The Morgan fingerprint density at radius 1 is 1.54 bits per heavy atom. The molecule has 0 amide bonds. The molecule has 1 saturated carbocycles. The maximum absolute atomic E-state index is 11.0. The summed E-state index contributed by atoms with van der Waals surface area (Å²) in [7, 11) is -3.17. The molecule has 2 atom stereocenters. The van der Waals surface area contributed by atoms with E-state index in [1.165, 1.54) is 0 Å². The number of hydrogen-bond donors (Lipinski definition) is 1. The Morgan fingerprint density at radius 2 is 2.15 bits per heavy atom. The van der Waals surface area contributed by atoms with Gasteiger partial charge in [-0.15, -0.1) is 0 Å². The molecular formula is C8H16N2O2S. The van der Waals surface area contributed by atoms with Crippen molar-refractivity contribution in [2.75, 3.05) is 5.75 Å². The maximum Gasteiger partial charge on any atom is 0.247 e. The number of hydrazone groups is 1. The number of nitrogens with zero attached hydrogens (tertiary/aromatic N) is 1. The van der Waals surface area contributed by atoms with Gasteiger partial charge in [-0.1, -0.05) is 13.8 Å². The van der Waals surface area contributed by atoms with Gasteiger partial charge >= 0.3 is 0 Å². The fraction of sp³-hybridized carbons (Fsp3) is 0.875. The van der Waals surface area contributed by atoms with Gasteiger partial charge in [0, 0.05) is 5.71 Å². The van der Waals surface area contributed by atoms with Crippen molar-refractivity contribution in [1.82, 2.24) is 4.83 Å². The number of rotatable bonds is 3. The molecule has 0 bridgehead atoms. The second-order valence-corrected chi connectivity index (χ2v) is 5.56. The van der Waals surface area contributed by atoms with Crippen molar-refractivity contribution in [3.63, 3.8) is 0 Å². The van der Waals surface area contributed by atoms with Crippen molar-refractivity contribution in [3.8, 4) is 0 Å². The van der Waals surface area contributed by atoms with E-state index in [4.69, 9.17) is 0 Å². The Bertz CT molecular complexity index is 308. The average molecular weight is 204 g/mol. The van der Waals surface area contributed by atoms with E-state index < -0.39 is 10.0 Å². The van der Waals surface area contributed by atoms with Gasteiger partial charge in [0.2, 0.25) is 10.0 Å². The molecule has 1 N–H and O–H groups in total. The molecule has 4 nitrogen and oxygen atoms in total. The molecule has 0 spiro atoms. The van der Waals surface area contributed by atoms with Gasteiger partial charge in [0.05, 0.1) is 5.75 Å². The first-order chi connectivity index (χ1) is 5.96. The minimum absolute atomic E-state index is 0.0771. The van der Waals surface area contributed by atoms with E-state index in [1.54, 1.807) is 6.92 Å². The molecule has 5 heteroatoms. The molecule has 1 fully saturated rings. The number of nitrogens with one attached hydrogen (secondary N) is 1. The van der Waals surface area contributed by atoms with E-state index >= 15 is 0 Å². The minimum Gasteiger partial charge on any atom is -0.205 e. The van der Waals surface area contributed by atoms with Crippen molar-refractivity contribution in [2.24, 2.45) is 16.9 Å². The van der Waals surface area contributed by atoms with E-state index in [1.807, 2.05) is 0 Å². The van der Waals surface area contributed by atoms with Crippen molar-refractivity contribution >= 4 is 15.7 Å². The Balaban J connectivity index is 2.51. The summed E-state index contributed by atoms with van der Waals surface area (Å²) in [5, 5.41) is 3.88. The molecule has 0 aromatic heterocycles. The van der Waals surface area contributed by atoms with E-state index in [0.717, 1.165) is 12.1 Å². The standard InChI is InChI=1S/C8H16N2O2S/c1-4-13(11,12)10-9-8-5-6(2)7(8)3/h6-7,10H,4-5H2,1-3H3/b9-8-. The van der Waals surface area contributed by atoms with Crippen LogP contribution in [0.4, 0.5) is 0 Å². The molecule has 0 aromatic rings. The van der Waals surface area contributed by atoms with E-state index in [-0.39, 0.29) is 5.75 Å². The van der Waals surface area contributed by atoms with Gasteiger partial charge in [-0.3, -0.25) is 0 Å². The third kappa shape index (κ3) is 2.43. The lowest BCUT2D eigenvalue weighted by Crippen LogP contribution is -2.35. The van der Waals surface area contributed by atoms with Gasteiger partial charge in [0.1, 0.15) is 0 Å². The molecule has 1 aliphatic carbocycles. The molecule has 0 radical (unpaired) electrons. The van der Waals surface area contributed by atoms with Crippen molar-refractivity contribution in [2.45, 2.75) is 27.2 Å². The van der Waals surface area contributed by atoms with Crippen LogP contribution in [0.5, 0.6) is 0 Å². The number of hydrogen-bond acceptors (Lipinski definition) is 3. The van der Waals surface area contributed by atoms with Crippen LogP contribution in [0.25, 0.3) is 0 Å². The van der Waals surface area contributed by atoms with Crippen LogP contribution >= 0.6 is 0 Å². The third-order valence-electron chi connectivity index (χ3n) is 2.62. The predicted molar refractivity (Wildman–Crippen MR) is 53.0 cm³/mol. The molecule has 13 heavy (non-hydrogen) atoms. The van der Waals surface area contributed by atoms with Gasteiger partial charge in [0.15, 0.2) is 0 Å². The van der Waals surface area contributed by atoms with Gasteiger partial charge in [-0.2, -0.15) is 5.10 Å². The second kappa shape index (κ2) is 3.65. The monoisotopic (exact) mass is 204 g/mol. The van der Waals surface area contributed by atoms with Crippen molar-refractivity contribution in [1.29, 1.82) is 0 Å². The van der Waals surface area contributed by atoms with E-state index in [2.05, 4.69) is 23.8 Å². The lowest BCUT2D eigenvalue weighted by atomic mass is 9.74. The zero-order valence-corrected chi connectivity index (χ0v) is 9.06. The van der Waals surface area contributed by atoms with E-state index in [0.29, 0.717) is 11.8 Å². The minimum atomic E-state index is -3.17. The molecule has 76 valence electrons. The lowest BCUT2D eigenvalue weighted by molar-refractivity contribution is 0.416. The highest BCUT2D eigenvalue weighted by Gasteiger charge is 2.30. The molecule has 2 unspecified atom stereocenters. The van der Waals surface area contributed by atoms with Gasteiger partial charge in [0.25, 0.3) is 0 Å². The fourth-order valence-electron chi connectivity index (χ4n) is 1.20. The summed E-state index contributed by atoms with van der Waals surface area (Å²) in [6.07, 6.45) is 0.910. The van der Waals surface area contributed by atoms with Crippen LogP contribution in [0, 0.1) is 11.8 Å². The van der Waals surface area contributed by atoms with E-state index in [9.17, 15) is 8.42 Å². The van der Waals surface area contributed by atoms with Crippen molar-refractivity contribution in [3.05, 3.63) is 0 Å². The molecule has 0 aliphatic heterocycles. The lowest BCUT2D eigenvalue weighted by Gasteiger charge is -2.32. The van der Waals surface area contributed by atoms with Crippen LogP contribution in [-0.2, 0) is 10.0 Å². The Morgan fingerprint density at radius 3 is 2.54 bits per heavy atom. The van der Waals surface area contributed by atoms with Crippen LogP contribution < -0.4 is 4.83 Å². The Kier molecular flexibility index (Phi) is 2.95. The summed E-state index contributed by atoms with van der Waals surface area (Å²) in [6, 6.07) is 0. The molecule has 0 aromatic carbocycles. The smallest absolute Gasteiger partial charge is 0.205 e. The van der Waals surface area contributed by atoms with Crippen molar-refractivity contribution < 1.29 is 8.42 Å². The summed E-state index contributed by atoms with van der Waals surface area (Å²) < 4.78 is 22.0. The average Bonchev–Trinajstić information content (AvgIpc) is 2.11. The maximum atomic E-state index is 11.0. The number of sulfonamides is 1. The molecular weight excluding hydrogens is 188 g/mol. The predicted octanol–water partition coefficient (Wildman–Crippen LogP) is 0.958. The van der Waals surface area contributed by atoms with Gasteiger partial charge < -0.3 is 0 Å². The summed E-state index contributed by atoms with van der Waals surface area (Å²) in [6.45, 7) is 5.79. The summed E-state index contributed by atoms with van der Waals surface area (Å²) >= 11 is 0. The Hall–Kier alpha value is -0.580. The quantitative estimate of drug-likeness (QED) is 0.696. The van der Waals surface area contributed by atoms with Gasteiger partial charge in [-0.25, -0.2) is 13.2 Å². The first-order valence-corrected chi connectivity index (χ1v) is 6.17. The topological polar surface area (TPSA) is 58.5 Å². The summed E-state index contributed by atoms with van der Waals surface area (Å²) in [5.41, 5.74) is 0.963. The molecule has 0 heterocycles. The Labute approximate surface area is 79.5 Å². The second-order valence-electron chi connectivity index (χ2n) is 3.57. The van der Waals surface area contributed by atoms with Crippen LogP contribution in [0.2, 0.25) is 0 Å². The first-order valence-electron chi connectivity index (χ1n) is 4.52. The van der Waals surface area contributed by atoms with Crippen LogP contribution in [0.1, 0.15) is 27.2 Å². The molecule has 1 aliphatic rings. The highest BCUT2D eigenvalue weighted by atomic mass is 32.2. The highest BCUT2D eigenvalue weighted by molar-refractivity contribution is 7.89. The first kappa shape index (κ1) is 10.5. The summed E-state index contributed by atoms with van der Waals surface area (Å²) in [4.78, 5) is 2.22. The van der Waals surface area contributed by atoms with Crippen LogP contribution in [0.3, 0.4) is 0 Å². The van der Waals surface area contributed by atoms with Crippen LogP contribution in [0.15, 0.2) is 5.10 Å². The SMILES string of the molecule is CCS(=O)(=O)N/N=C1/CC(C)C1C. The van der Waals surface area contributed by atoms with Gasteiger partial charge in [-0.05, 0) is 25.2 Å². The molecule has 1 rings (SSSR count). The van der Waals surface area contributed by atoms with Crippen LogP contribution in [-0.4, -0.2) is 19.9 Å². The molecule has 0 saturated heterocycles. The summed E-state index contributed by atoms with van der Waals surface area (Å²) in [5.74, 6) is 1.12. The fourth-order valence-corrected chi connectivity index (χ4v) is 1.59. The zero-order chi connectivity index (χ0) is 10.1. The third-order valence-corrected chi connectivity index (χ3v) is 3.75. The normalized spacial score (nSPS) is 31.5. The zero-order valence-electron chi connectivity index (χ0n) is 8.24. The highest BCUT2D eigenvalue weighted by Crippen LogP contribution is 2.30.